The number of carbonyl (C=O) groups excluding carboxylic acids is 1. The van der Waals surface area contributed by atoms with Gasteiger partial charge in [0.05, 0.1) is 6.61 Å². The summed E-state index contributed by atoms with van der Waals surface area (Å²) in [6, 6.07) is 0. The van der Waals surface area contributed by atoms with E-state index in [-0.39, 0.29) is 11.9 Å². The maximum absolute atomic E-state index is 11.5. The largest absolute Gasteiger partial charge is 0.458 e. The quantitative estimate of drug-likeness (QED) is 0.617. The summed E-state index contributed by atoms with van der Waals surface area (Å²) in [5.41, 5.74) is 1.78. The highest BCUT2D eigenvalue weighted by atomic mass is 16.6. The summed E-state index contributed by atoms with van der Waals surface area (Å²) in [6.45, 7) is 4.23. The fraction of sp³-hybridized carbons (Fsp3) is 0.600. The van der Waals surface area contributed by atoms with E-state index in [0.29, 0.717) is 12.3 Å². The summed E-state index contributed by atoms with van der Waals surface area (Å²) in [7, 11) is 0. The van der Waals surface area contributed by atoms with E-state index in [1.807, 2.05) is 6.92 Å². The van der Waals surface area contributed by atoms with Crippen LogP contribution < -0.4 is 5.16 Å². The van der Waals surface area contributed by atoms with Crippen LogP contribution in [-0.2, 0) is 14.4 Å². The second-order valence-electron chi connectivity index (χ2n) is 3.57. The summed E-state index contributed by atoms with van der Waals surface area (Å²) in [5.74, 6) is 0.726. The van der Waals surface area contributed by atoms with Gasteiger partial charge in [-0.25, -0.2) is 9.63 Å². The summed E-state index contributed by atoms with van der Waals surface area (Å²) in [6.07, 6.45) is 1.95. The van der Waals surface area contributed by atoms with E-state index in [4.69, 9.17) is 9.57 Å². The Balaban J connectivity index is 2.14. The number of hydrogen-bond acceptors (Lipinski definition) is 3. The molecule has 76 valence electrons. The van der Waals surface area contributed by atoms with Crippen molar-refractivity contribution in [3.05, 3.63) is 11.3 Å². The molecule has 1 N–H and O–H groups in total. The van der Waals surface area contributed by atoms with Gasteiger partial charge in [-0.05, 0) is 37.4 Å². The Hall–Kier alpha value is -1.32. The first-order valence-corrected chi connectivity index (χ1v) is 4.90. The number of hydrogen-bond donors (Lipinski definition) is 1. The van der Waals surface area contributed by atoms with E-state index >= 15 is 0 Å². The predicted octanol–water partition coefficient (Wildman–Crippen LogP) is -0.300. The second kappa shape index (κ2) is 3.44. The molecule has 1 aliphatic carbocycles. The van der Waals surface area contributed by atoms with E-state index in [9.17, 15) is 4.79 Å². The monoisotopic (exact) mass is 196 g/mol. The van der Waals surface area contributed by atoms with Gasteiger partial charge in [0.25, 0.3) is 0 Å². The molecule has 0 bridgehead atoms. The van der Waals surface area contributed by atoms with Gasteiger partial charge in [0.15, 0.2) is 5.76 Å². The Kier molecular flexibility index (Phi) is 2.27. The lowest BCUT2D eigenvalue weighted by Gasteiger charge is -1.99. The molecule has 1 aliphatic heterocycles. The number of nitrogens with one attached hydrogen (secondary N) is 1. The number of esters is 1. The SMILES string of the molecule is CCOC(=O)C1=[NH+]OC2=C(C)CCC12. The number of rotatable bonds is 2. The Morgan fingerprint density at radius 2 is 2.50 bits per heavy atom. The topological polar surface area (TPSA) is 49.5 Å². The summed E-state index contributed by atoms with van der Waals surface area (Å²) < 4.78 is 4.93. The van der Waals surface area contributed by atoms with E-state index in [1.54, 1.807) is 6.92 Å². The van der Waals surface area contributed by atoms with Crippen LogP contribution in [0.3, 0.4) is 0 Å². The molecule has 0 aromatic carbocycles. The lowest BCUT2D eigenvalue weighted by Crippen LogP contribution is -2.70. The number of fused-ring (bicyclic) bond motifs is 1. The van der Waals surface area contributed by atoms with Gasteiger partial charge >= 0.3 is 11.7 Å². The van der Waals surface area contributed by atoms with Crippen molar-refractivity contribution in [1.29, 1.82) is 0 Å². The molecule has 0 saturated carbocycles. The van der Waals surface area contributed by atoms with Crippen molar-refractivity contribution in [3.8, 4) is 0 Å². The van der Waals surface area contributed by atoms with Crippen LogP contribution in [0.25, 0.3) is 0 Å². The van der Waals surface area contributed by atoms with Gasteiger partial charge in [-0.1, -0.05) is 0 Å². The first kappa shape index (κ1) is 9.24. The molecular weight excluding hydrogens is 182 g/mol. The standard InChI is InChI=1S/C10H13NO3/c1-3-13-10(12)8-7-5-4-6(2)9(7)14-11-8/h7H,3-5H2,1-2H3/p+1. The lowest BCUT2D eigenvalue weighted by molar-refractivity contribution is -0.728. The highest BCUT2D eigenvalue weighted by Crippen LogP contribution is 2.33. The van der Waals surface area contributed by atoms with Gasteiger partial charge in [0.1, 0.15) is 5.92 Å². The van der Waals surface area contributed by atoms with Crippen molar-refractivity contribution in [2.75, 3.05) is 6.61 Å². The van der Waals surface area contributed by atoms with Crippen LogP contribution in [-0.4, -0.2) is 18.3 Å². The van der Waals surface area contributed by atoms with Gasteiger partial charge in [-0.3, -0.25) is 0 Å². The average Bonchev–Trinajstić information content (AvgIpc) is 2.69. The van der Waals surface area contributed by atoms with Crippen molar-refractivity contribution >= 4 is 11.7 Å². The number of carbonyl (C=O) groups is 1. The van der Waals surface area contributed by atoms with E-state index < -0.39 is 0 Å². The van der Waals surface area contributed by atoms with Gasteiger partial charge in [0, 0.05) is 0 Å². The molecule has 4 nitrogen and oxygen atoms in total. The summed E-state index contributed by atoms with van der Waals surface area (Å²) in [5, 5.41) is 2.66. The predicted molar refractivity (Wildman–Crippen MR) is 49.1 cm³/mol. The molecule has 0 spiro atoms. The van der Waals surface area contributed by atoms with Crippen LogP contribution >= 0.6 is 0 Å². The Morgan fingerprint density at radius 1 is 1.71 bits per heavy atom. The first-order chi connectivity index (χ1) is 6.74. The maximum Gasteiger partial charge on any atom is 0.404 e. The van der Waals surface area contributed by atoms with Crippen LogP contribution in [0.2, 0.25) is 0 Å². The van der Waals surface area contributed by atoms with E-state index in [0.717, 1.165) is 18.6 Å². The molecule has 0 amide bonds. The third-order valence-electron chi connectivity index (χ3n) is 2.66. The lowest BCUT2D eigenvalue weighted by atomic mass is 10.0. The zero-order valence-corrected chi connectivity index (χ0v) is 8.42. The molecule has 1 heterocycles. The van der Waals surface area contributed by atoms with E-state index in [2.05, 4.69) is 5.16 Å². The normalized spacial score (nSPS) is 24.4. The summed E-state index contributed by atoms with van der Waals surface area (Å²) >= 11 is 0. The van der Waals surface area contributed by atoms with Crippen molar-refractivity contribution < 1.29 is 19.5 Å². The average molecular weight is 196 g/mol. The zero-order valence-electron chi connectivity index (χ0n) is 8.42. The van der Waals surface area contributed by atoms with Crippen molar-refractivity contribution in [2.24, 2.45) is 5.92 Å². The molecule has 2 aliphatic rings. The van der Waals surface area contributed by atoms with Crippen LogP contribution in [0.4, 0.5) is 0 Å². The number of allylic oxidation sites excluding steroid dienone is 2. The minimum Gasteiger partial charge on any atom is -0.458 e. The molecule has 1 atom stereocenters. The maximum atomic E-state index is 11.5. The zero-order chi connectivity index (χ0) is 10.1. The first-order valence-electron chi connectivity index (χ1n) is 4.90. The van der Waals surface area contributed by atoms with Crippen LogP contribution in [0.1, 0.15) is 26.7 Å². The van der Waals surface area contributed by atoms with Gasteiger partial charge < -0.3 is 4.74 Å². The van der Waals surface area contributed by atoms with Crippen molar-refractivity contribution in [3.63, 3.8) is 0 Å². The van der Waals surface area contributed by atoms with E-state index in [1.165, 1.54) is 5.57 Å². The molecule has 0 aromatic heterocycles. The highest BCUT2D eigenvalue weighted by Gasteiger charge is 2.45. The minimum atomic E-state index is -0.290. The fourth-order valence-electron chi connectivity index (χ4n) is 1.92. The molecule has 14 heavy (non-hydrogen) atoms. The Morgan fingerprint density at radius 3 is 3.21 bits per heavy atom. The smallest absolute Gasteiger partial charge is 0.404 e. The van der Waals surface area contributed by atoms with Crippen LogP contribution in [0.5, 0.6) is 0 Å². The molecule has 4 heteroatoms. The molecule has 0 aromatic rings. The molecule has 1 unspecified atom stereocenters. The summed E-state index contributed by atoms with van der Waals surface area (Å²) in [4.78, 5) is 16.7. The minimum absolute atomic E-state index is 0.106. The Labute approximate surface area is 82.6 Å². The van der Waals surface area contributed by atoms with Crippen molar-refractivity contribution in [1.82, 2.24) is 0 Å². The molecule has 0 fully saturated rings. The third-order valence-corrected chi connectivity index (χ3v) is 2.66. The molecule has 0 radical (unpaired) electrons. The molecule has 0 saturated heterocycles. The van der Waals surface area contributed by atoms with Crippen molar-refractivity contribution in [2.45, 2.75) is 26.7 Å². The third kappa shape index (κ3) is 1.31. The molecular formula is C10H14NO3+. The van der Waals surface area contributed by atoms with Gasteiger partial charge in [-0.15, -0.1) is 0 Å². The highest BCUT2D eigenvalue weighted by molar-refractivity contribution is 6.35. The van der Waals surface area contributed by atoms with Gasteiger partial charge in [0.2, 0.25) is 0 Å². The van der Waals surface area contributed by atoms with Gasteiger partial charge in [-0.2, -0.15) is 0 Å². The Bertz CT molecular complexity index is 330. The second-order valence-corrected chi connectivity index (χ2v) is 3.57. The number of ether oxygens (including phenoxy) is 1. The van der Waals surface area contributed by atoms with Crippen LogP contribution in [0.15, 0.2) is 11.3 Å². The molecule has 2 rings (SSSR count). The van der Waals surface area contributed by atoms with Crippen LogP contribution in [0, 0.1) is 5.92 Å². The fourth-order valence-corrected chi connectivity index (χ4v) is 1.92.